The van der Waals surface area contributed by atoms with Crippen molar-refractivity contribution in [1.29, 1.82) is 5.26 Å². The molecule has 0 spiro atoms. The van der Waals surface area contributed by atoms with Crippen molar-refractivity contribution in [3.63, 3.8) is 0 Å². The Kier molecular flexibility index (Phi) is 7.84. The highest BCUT2D eigenvalue weighted by Crippen LogP contribution is 2.40. The lowest BCUT2D eigenvalue weighted by Crippen LogP contribution is -2.36. The fourth-order valence-electron chi connectivity index (χ4n) is 2.51. The number of ether oxygens (including phenoxy) is 2. The average Bonchev–Trinajstić information content (AvgIpc) is 2.78. The number of alkyl carbamates (subject to hydrolysis) is 1. The molecule has 0 radical (unpaired) electrons. The third-order valence-corrected chi connectivity index (χ3v) is 4.75. The number of hydrogen-bond acceptors (Lipinski definition) is 9. The molecule has 0 aliphatic carbocycles. The fraction of sp³-hybridized carbons (Fsp3) is 0.100. The maximum Gasteiger partial charge on any atom is 0.414 e. The zero-order valence-electron chi connectivity index (χ0n) is 16.7. The monoisotopic (exact) mass is 506 g/mol. The molecule has 10 nitrogen and oxygen atoms in total. The summed E-state index contributed by atoms with van der Waals surface area (Å²) in [5.41, 5.74) is 2.09. The van der Waals surface area contributed by atoms with Gasteiger partial charge in [0, 0.05) is 10.8 Å². The number of fused-ring (bicyclic) bond motifs is 1. The van der Waals surface area contributed by atoms with E-state index in [9.17, 15) is 9.59 Å². The highest BCUT2D eigenvalue weighted by Gasteiger charge is 2.17. The van der Waals surface area contributed by atoms with Crippen LogP contribution in [0.1, 0.15) is 6.92 Å². The first kappa shape index (κ1) is 24.0. The molecule has 3 rings (SSSR count). The summed E-state index contributed by atoms with van der Waals surface area (Å²) in [6.07, 6.45) is -1.00. The Hall–Kier alpha value is -3.65. The van der Waals surface area contributed by atoms with E-state index in [-0.39, 0.29) is 39.1 Å². The van der Waals surface area contributed by atoms with Gasteiger partial charge in [0.1, 0.15) is 6.07 Å². The summed E-state index contributed by atoms with van der Waals surface area (Å²) in [5, 5.41) is 24.1. The van der Waals surface area contributed by atoms with Gasteiger partial charge in [-0.1, -0.05) is 53.0 Å². The van der Waals surface area contributed by atoms with Gasteiger partial charge in [0.05, 0.1) is 22.3 Å². The first-order chi connectivity index (χ1) is 15.8. The first-order valence-corrected chi connectivity index (χ1v) is 10.3. The highest BCUT2D eigenvalue weighted by atomic mass is 35.5. The van der Waals surface area contributed by atoms with Crippen LogP contribution in [0.15, 0.2) is 41.5 Å². The summed E-state index contributed by atoms with van der Waals surface area (Å²) in [5.74, 6) is -0.816. The number of nitriles is 1. The van der Waals surface area contributed by atoms with Gasteiger partial charge in [0.15, 0.2) is 10.9 Å². The second kappa shape index (κ2) is 10.8. The van der Waals surface area contributed by atoms with E-state index >= 15 is 0 Å². The van der Waals surface area contributed by atoms with Crippen LogP contribution in [0.5, 0.6) is 11.6 Å². The molecule has 2 N–H and O–H groups in total. The molecule has 1 aromatic heterocycles. The molecule has 3 aromatic rings. The quantitative estimate of drug-likeness (QED) is 0.353. The molecule has 0 fully saturated rings. The Labute approximate surface area is 202 Å². The van der Waals surface area contributed by atoms with Gasteiger partial charge in [0.2, 0.25) is 11.6 Å². The van der Waals surface area contributed by atoms with E-state index in [0.717, 1.165) is 0 Å². The summed E-state index contributed by atoms with van der Waals surface area (Å²) >= 11 is 18.7. The smallest absolute Gasteiger partial charge is 0.414 e. The molecule has 0 saturated heterocycles. The minimum atomic E-state index is -1.05. The molecule has 2 amide bonds. The highest BCUT2D eigenvalue weighted by molar-refractivity contribution is 6.47. The Balaban J connectivity index is 1.82. The van der Waals surface area contributed by atoms with E-state index in [1.807, 2.05) is 5.32 Å². The van der Waals surface area contributed by atoms with Crippen molar-refractivity contribution in [2.45, 2.75) is 6.92 Å². The second-order valence-electron chi connectivity index (χ2n) is 6.07. The standard InChI is InChI=1S/C20H13Cl3N6O4/c1-2-32-20(31)25-18(30)15(9-24)27-26-10-7-13(21)16(14(22)8-10)33-19-12-6-4-3-5-11(12)17(23)28-29-19/h3-8,26H,2H2,1H3,(H,25,30,31)/b27-15+. The van der Waals surface area contributed by atoms with Gasteiger partial charge in [-0.2, -0.15) is 10.4 Å². The van der Waals surface area contributed by atoms with E-state index in [0.29, 0.717) is 10.8 Å². The maximum atomic E-state index is 11.9. The summed E-state index contributed by atoms with van der Waals surface area (Å²) in [7, 11) is 0. The molecular formula is C20H13Cl3N6O4. The van der Waals surface area contributed by atoms with Gasteiger partial charge in [-0.15, -0.1) is 10.2 Å². The second-order valence-corrected chi connectivity index (χ2v) is 7.24. The number of benzene rings is 2. The molecule has 0 unspecified atom stereocenters. The number of rotatable bonds is 6. The molecule has 0 bridgehead atoms. The van der Waals surface area contributed by atoms with Crippen molar-refractivity contribution in [3.8, 4) is 17.7 Å². The van der Waals surface area contributed by atoms with Gasteiger partial charge in [-0.25, -0.2) is 4.79 Å². The molecule has 2 aromatic carbocycles. The predicted molar refractivity (Wildman–Crippen MR) is 123 cm³/mol. The van der Waals surface area contributed by atoms with Crippen LogP contribution < -0.4 is 15.5 Å². The van der Waals surface area contributed by atoms with Crippen LogP contribution in [0.4, 0.5) is 10.5 Å². The van der Waals surface area contributed by atoms with Crippen molar-refractivity contribution in [1.82, 2.24) is 15.5 Å². The first-order valence-electron chi connectivity index (χ1n) is 9.13. The van der Waals surface area contributed by atoms with Crippen LogP contribution in [0.2, 0.25) is 15.2 Å². The largest absolute Gasteiger partial charge is 0.450 e. The van der Waals surface area contributed by atoms with Crippen LogP contribution in [0, 0.1) is 11.3 Å². The van der Waals surface area contributed by atoms with Crippen molar-refractivity contribution in [3.05, 3.63) is 51.6 Å². The number of carbonyl (C=O) groups excluding carboxylic acids is 2. The van der Waals surface area contributed by atoms with E-state index in [4.69, 9.17) is 44.8 Å². The van der Waals surface area contributed by atoms with Gasteiger partial charge < -0.3 is 9.47 Å². The number of halogens is 3. The van der Waals surface area contributed by atoms with Crippen LogP contribution in [-0.2, 0) is 9.53 Å². The summed E-state index contributed by atoms with van der Waals surface area (Å²) in [4.78, 5) is 23.2. The number of hydrazone groups is 1. The Morgan fingerprint density at radius 2 is 1.79 bits per heavy atom. The Bertz CT molecular complexity index is 1290. The molecule has 1 heterocycles. The predicted octanol–water partition coefficient (Wildman–Crippen LogP) is 4.95. The number of imide groups is 1. The van der Waals surface area contributed by atoms with Crippen LogP contribution in [-0.4, -0.2) is 34.5 Å². The van der Waals surface area contributed by atoms with E-state index in [2.05, 4.69) is 25.5 Å². The van der Waals surface area contributed by atoms with Crippen LogP contribution in [0.25, 0.3) is 10.8 Å². The van der Waals surface area contributed by atoms with E-state index in [1.54, 1.807) is 37.3 Å². The summed E-state index contributed by atoms with van der Waals surface area (Å²) in [6.45, 7) is 1.62. The van der Waals surface area contributed by atoms with Gasteiger partial charge >= 0.3 is 6.09 Å². The van der Waals surface area contributed by atoms with Crippen molar-refractivity contribution < 1.29 is 19.1 Å². The van der Waals surface area contributed by atoms with Crippen molar-refractivity contribution in [2.24, 2.45) is 5.10 Å². The third kappa shape index (κ3) is 5.78. The minimum absolute atomic E-state index is 0.0548. The van der Waals surface area contributed by atoms with Crippen LogP contribution >= 0.6 is 34.8 Å². The lowest BCUT2D eigenvalue weighted by molar-refractivity contribution is -0.114. The molecular weight excluding hydrogens is 495 g/mol. The number of nitrogens with one attached hydrogen (secondary N) is 2. The number of amides is 2. The minimum Gasteiger partial charge on any atom is -0.450 e. The topological polar surface area (TPSA) is 139 Å². The number of nitrogens with zero attached hydrogens (tertiary/aromatic N) is 4. The van der Waals surface area contributed by atoms with Gasteiger partial charge in [-0.3, -0.25) is 15.5 Å². The molecule has 13 heteroatoms. The van der Waals surface area contributed by atoms with Gasteiger partial charge in [-0.05, 0) is 25.1 Å². The molecule has 0 atom stereocenters. The van der Waals surface area contributed by atoms with Crippen molar-refractivity contribution in [2.75, 3.05) is 12.0 Å². The zero-order valence-corrected chi connectivity index (χ0v) is 19.0. The molecule has 0 aliphatic heterocycles. The zero-order chi connectivity index (χ0) is 24.0. The molecule has 33 heavy (non-hydrogen) atoms. The number of anilines is 1. The third-order valence-electron chi connectivity index (χ3n) is 3.91. The lowest BCUT2D eigenvalue weighted by atomic mass is 10.2. The number of aromatic nitrogens is 2. The maximum absolute atomic E-state index is 11.9. The normalized spacial score (nSPS) is 10.9. The Morgan fingerprint density at radius 1 is 1.12 bits per heavy atom. The van der Waals surface area contributed by atoms with Gasteiger partial charge in [0.25, 0.3) is 5.91 Å². The van der Waals surface area contributed by atoms with Crippen molar-refractivity contribution >= 4 is 69.0 Å². The molecule has 168 valence electrons. The lowest BCUT2D eigenvalue weighted by Gasteiger charge is -2.12. The number of carbonyl (C=O) groups is 2. The fourth-order valence-corrected chi connectivity index (χ4v) is 3.27. The summed E-state index contributed by atoms with van der Waals surface area (Å²) < 4.78 is 10.4. The average molecular weight is 508 g/mol. The summed E-state index contributed by atoms with van der Waals surface area (Å²) in [6, 6.07) is 11.5. The molecule has 0 aliphatic rings. The SMILES string of the molecule is CCOC(=O)NC(=O)/C(C#N)=N/Nc1cc(Cl)c(Oc2nnc(Cl)c3ccccc23)c(Cl)c1. The molecule has 0 saturated carbocycles. The van der Waals surface area contributed by atoms with E-state index < -0.39 is 17.7 Å². The number of hydrogen-bond donors (Lipinski definition) is 2. The Morgan fingerprint density at radius 3 is 2.42 bits per heavy atom. The van der Waals surface area contributed by atoms with Crippen LogP contribution in [0.3, 0.4) is 0 Å². The van der Waals surface area contributed by atoms with E-state index in [1.165, 1.54) is 12.1 Å².